The third-order valence-corrected chi connectivity index (χ3v) is 1.89. The Bertz CT molecular complexity index is 205. The van der Waals surface area contributed by atoms with Crippen molar-refractivity contribution in [3.63, 3.8) is 0 Å². The van der Waals surface area contributed by atoms with E-state index in [2.05, 4.69) is 11.9 Å². The number of nitrogens with one attached hydrogen (secondary N) is 1. The second kappa shape index (κ2) is 3.67. The van der Waals surface area contributed by atoms with E-state index in [0.29, 0.717) is 13.1 Å². The van der Waals surface area contributed by atoms with E-state index in [1.54, 1.807) is 0 Å². The number of nitrogens with zero attached hydrogens (tertiary/aromatic N) is 1. The summed E-state index contributed by atoms with van der Waals surface area (Å²) >= 11 is 0. The maximum atomic E-state index is 12.4. The molecule has 0 unspecified atom stereocenters. The van der Waals surface area contributed by atoms with E-state index in [9.17, 15) is 9.18 Å². The van der Waals surface area contributed by atoms with Gasteiger partial charge in [0.15, 0.2) is 5.83 Å². The highest BCUT2D eigenvalue weighted by Gasteiger charge is 2.21. The first-order valence-corrected chi connectivity index (χ1v) is 3.98. The van der Waals surface area contributed by atoms with Gasteiger partial charge in [-0.2, -0.15) is 0 Å². The zero-order valence-electron chi connectivity index (χ0n) is 7.14. The molecule has 12 heavy (non-hydrogen) atoms. The van der Waals surface area contributed by atoms with Crippen LogP contribution >= 0.6 is 0 Å². The van der Waals surface area contributed by atoms with Gasteiger partial charge in [0.25, 0.3) is 5.91 Å². The van der Waals surface area contributed by atoms with Gasteiger partial charge in [-0.05, 0) is 6.92 Å². The van der Waals surface area contributed by atoms with Crippen molar-refractivity contribution in [2.45, 2.75) is 13.0 Å². The molecule has 1 heterocycles. The lowest BCUT2D eigenvalue weighted by Crippen LogP contribution is -2.51. The van der Waals surface area contributed by atoms with Gasteiger partial charge in [-0.15, -0.1) is 0 Å². The molecular formula is C8H13FN2O. The van der Waals surface area contributed by atoms with Crippen molar-refractivity contribution < 1.29 is 9.18 Å². The summed E-state index contributed by atoms with van der Waals surface area (Å²) in [4.78, 5) is 12.5. The Labute approximate surface area is 71.2 Å². The molecule has 0 radical (unpaired) electrons. The van der Waals surface area contributed by atoms with Crippen LogP contribution in [-0.2, 0) is 4.79 Å². The number of carbonyl (C=O) groups is 1. The van der Waals surface area contributed by atoms with Crippen molar-refractivity contribution in [3.8, 4) is 0 Å². The average molecular weight is 172 g/mol. The normalized spacial score (nSPS) is 23.8. The molecule has 1 amide bonds. The quantitative estimate of drug-likeness (QED) is 0.576. The average Bonchev–Trinajstić information content (AvgIpc) is 2.03. The van der Waals surface area contributed by atoms with Gasteiger partial charge in [-0.3, -0.25) is 4.79 Å². The van der Waals surface area contributed by atoms with E-state index in [1.807, 2.05) is 6.92 Å². The zero-order valence-corrected chi connectivity index (χ0v) is 7.14. The Morgan fingerprint density at radius 2 is 2.42 bits per heavy atom. The minimum Gasteiger partial charge on any atom is -0.334 e. The molecule has 0 spiro atoms. The molecule has 0 saturated carbocycles. The number of halogens is 1. The fraction of sp³-hybridized carbons (Fsp3) is 0.625. The molecule has 1 fully saturated rings. The lowest BCUT2D eigenvalue weighted by Gasteiger charge is -2.31. The third kappa shape index (κ3) is 2.04. The smallest absolute Gasteiger partial charge is 0.282 e. The molecule has 3 nitrogen and oxygen atoms in total. The molecular weight excluding hydrogens is 159 g/mol. The van der Waals surface area contributed by atoms with E-state index < -0.39 is 11.7 Å². The van der Waals surface area contributed by atoms with Gasteiger partial charge in [0, 0.05) is 25.7 Å². The van der Waals surface area contributed by atoms with Gasteiger partial charge in [-0.25, -0.2) is 4.39 Å². The second-order valence-corrected chi connectivity index (χ2v) is 3.01. The van der Waals surface area contributed by atoms with Crippen LogP contribution in [0.3, 0.4) is 0 Å². The molecule has 1 rings (SSSR count). The first-order valence-electron chi connectivity index (χ1n) is 3.98. The maximum Gasteiger partial charge on any atom is 0.282 e. The summed E-state index contributed by atoms with van der Waals surface area (Å²) in [6, 6.07) is 0.238. The Morgan fingerprint density at radius 1 is 1.75 bits per heavy atom. The number of amides is 1. The minimum absolute atomic E-state index is 0.238. The molecule has 0 aliphatic carbocycles. The summed E-state index contributed by atoms with van der Waals surface area (Å²) in [5, 5.41) is 3.16. The number of rotatable bonds is 1. The van der Waals surface area contributed by atoms with Crippen molar-refractivity contribution in [1.82, 2.24) is 10.2 Å². The van der Waals surface area contributed by atoms with Crippen LogP contribution in [0, 0.1) is 0 Å². The molecule has 4 heteroatoms. The van der Waals surface area contributed by atoms with Crippen LogP contribution in [-0.4, -0.2) is 36.5 Å². The highest BCUT2D eigenvalue weighted by molar-refractivity contribution is 5.90. The molecule has 68 valence electrons. The summed E-state index contributed by atoms with van der Waals surface area (Å²) < 4.78 is 12.4. The van der Waals surface area contributed by atoms with Crippen molar-refractivity contribution in [3.05, 3.63) is 12.4 Å². The van der Waals surface area contributed by atoms with Crippen molar-refractivity contribution in [1.29, 1.82) is 0 Å². The lowest BCUT2D eigenvalue weighted by atomic mass is 10.2. The van der Waals surface area contributed by atoms with Crippen molar-refractivity contribution in [2.24, 2.45) is 0 Å². The topological polar surface area (TPSA) is 32.3 Å². The highest BCUT2D eigenvalue weighted by atomic mass is 19.1. The first kappa shape index (κ1) is 9.19. The summed E-state index contributed by atoms with van der Waals surface area (Å²) in [7, 11) is 0. The second-order valence-electron chi connectivity index (χ2n) is 3.01. The Kier molecular flexibility index (Phi) is 2.81. The number of hydrogen-bond acceptors (Lipinski definition) is 2. The fourth-order valence-corrected chi connectivity index (χ4v) is 1.29. The molecule has 1 aliphatic heterocycles. The van der Waals surface area contributed by atoms with Crippen LogP contribution < -0.4 is 5.32 Å². The van der Waals surface area contributed by atoms with Gasteiger partial charge in [0.05, 0.1) is 0 Å². The molecule has 0 aromatic carbocycles. The van der Waals surface area contributed by atoms with E-state index >= 15 is 0 Å². The molecule has 0 aromatic rings. The monoisotopic (exact) mass is 172 g/mol. The predicted octanol–water partition coefficient (Wildman–Crippen LogP) is 0.290. The van der Waals surface area contributed by atoms with E-state index in [1.165, 1.54) is 4.90 Å². The lowest BCUT2D eigenvalue weighted by molar-refractivity contribution is -0.129. The third-order valence-electron chi connectivity index (χ3n) is 1.89. The highest BCUT2D eigenvalue weighted by Crippen LogP contribution is 2.04. The van der Waals surface area contributed by atoms with E-state index in [4.69, 9.17) is 0 Å². The Balaban J connectivity index is 2.51. The van der Waals surface area contributed by atoms with Crippen LogP contribution in [0.4, 0.5) is 4.39 Å². The van der Waals surface area contributed by atoms with Crippen molar-refractivity contribution >= 4 is 5.91 Å². The van der Waals surface area contributed by atoms with Crippen LogP contribution in [0.15, 0.2) is 12.4 Å². The van der Waals surface area contributed by atoms with E-state index in [0.717, 1.165) is 6.54 Å². The molecule has 1 atom stereocenters. The summed E-state index contributed by atoms with van der Waals surface area (Å²) in [5.41, 5.74) is 0. The zero-order chi connectivity index (χ0) is 9.14. The van der Waals surface area contributed by atoms with Gasteiger partial charge in [0.2, 0.25) is 0 Å². The van der Waals surface area contributed by atoms with Gasteiger partial charge in [-0.1, -0.05) is 6.58 Å². The fourth-order valence-electron chi connectivity index (χ4n) is 1.29. The van der Waals surface area contributed by atoms with Crippen molar-refractivity contribution in [2.75, 3.05) is 19.6 Å². The summed E-state index contributed by atoms with van der Waals surface area (Å²) in [5.74, 6) is -1.45. The van der Waals surface area contributed by atoms with Crippen LogP contribution in [0.1, 0.15) is 6.92 Å². The molecule has 0 aromatic heterocycles. The van der Waals surface area contributed by atoms with Gasteiger partial charge < -0.3 is 10.2 Å². The minimum atomic E-state index is -0.871. The molecule has 1 N–H and O–H groups in total. The largest absolute Gasteiger partial charge is 0.334 e. The predicted molar refractivity (Wildman–Crippen MR) is 44.3 cm³/mol. The van der Waals surface area contributed by atoms with Crippen LogP contribution in [0.25, 0.3) is 0 Å². The standard InChI is InChI=1S/C8H13FN2O/c1-6-5-11(4-3-10-6)8(12)7(2)9/h6,10H,2-5H2,1H3/t6-/m1/s1. The SMILES string of the molecule is C=C(F)C(=O)N1CCN[C@H](C)C1. The Hall–Kier alpha value is -0.900. The Morgan fingerprint density at radius 3 is 2.92 bits per heavy atom. The first-order chi connectivity index (χ1) is 5.61. The van der Waals surface area contributed by atoms with Gasteiger partial charge in [0.1, 0.15) is 0 Å². The number of hydrogen-bond donors (Lipinski definition) is 1. The van der Waals surface area contributed by atoms with Crippen LogP contribution in [0.5, 0.6) is 0 Å². The maximum absolute atomic E-state index is 12.4. The summed E-state index contributed by atoms with van der Waals surface area (Å²) in [6.07, 6.45) is 0. The number of piperazine rings is 1. The molecule has 1 aliphatic rings. The summed E-state index contributed by atoms with van der Waals surface area (Å²) in [6.45, 7) is 6.78. The molecule has 0 bridgehead atoms. The number of carbonyl (C=O) groups excluding carboxylic acids is 1. The molecule has 1 saturated heterocycles. The van der Waals surface area contributed by atoms with E-state index in [-0.39, 0.29) is 6.04 Å². The van der Waals surface area contributed by atoms with Gasteiger partial charge >= 0.3 is 0 Å². The van der Waals surface area contributed by atoms with Crippen LogP contribution in [0.2, 0.25) is 0 Å².